The van der Waals surface area contributed by atoms with Crippen LogP contribution in [-0.2, 0) is 4.79 Å². The summed E-state index contributed by atoms with van der Waals surface area (Å²) in [5.74, 6) is -0.266. The Labute approximate surface area is 144 Å². The van der Waals surface area contributed by atoms with Gasteiger partial charge in [-0.25, -0.2) is 14.2 Å². The van der Waals surface area contributed by atoms with Crippen LogP contribution in [0.25, 0.3) is 0 Å². The van der Waals surface area contributed by atoms with Gasteiger partial charge in [0.05, 0.1) is 18.7 Å². The second kappa shape index (κ2) is 9.16. The summed E-state index contributed by atoms with van der Waals surface area (Å²) >= 11 is 0. The number of carbonyl (C=O) groups excluding carboxylic acids is 2. The molecule has 1 atom stereocenters. The van der Waals surface area contributed by atoms with Gasteiger partial charge in [0.25, 0.3) is 0 Å². The number of nitrogens with two attached hydrogens (primary N) is 1. The van der Waals surface area contributed by atoms with Gasteiger partial charge >= 0.3 is 6.03 Å². The third-order valence-electron chi connectivity index (χ3n) is 3.30. The van der Waals surface area contributed by atoms with Gasteiger partial charge in [0.2, 0.25) is 5.91 Å². The molecule has 2 aromatic rings. The van der Waals surface area contributed by atoms with Crippen LogP contribution in [-0.4, -0.2) is 35.0 Å². The van der Waals surface area contributed by atoms with Gasteiger partial charge < -0.3 is 21.7 Å². The molecule has 8 nitrogen and oxygen atoms in total. The van der Waals surface area contributed by atoms with Crippen molar-refractivity contribution in [3.8, 4) is 0 Å². The molecule has 0 aliphatic rings. The Morgan fingerprint density at radius 3 is 2.68 bits per heavy atom. The van der Waals surface area contributed by atoms with Crippen molar-refractivity contribution in [3.05, 3.63) is 54.2 Å². The van der Waals surface area contributed by atoms with Crippen molar-refractivity contribution in [1.29, 1.82) is 0 Å². The molecule has 132 valence electrons. The number of anilines is 1. The second-order valence-corrected chi connectivity index (χ2v) is 5.15. The second-order valence-electron chi connectivity index (χ2n) is 5.15. The molecule has 0 unspecified atom stereocenters. The number of urea groups is 1. The minimum atomic E-state index is -0.841. The quantitative estimate of drug-likeness (QED) is 0.530. The first kappa shape index (κ1) is 18.1. The number of halogens is 1. The van der Waals surface area contributed by atoms with Crippen LogP contribution in [0.3, 0.4) is 0 Å². The van der Waals surface area contributed by atoms with Crippen LogP contribution >= 0.6 is 0 Å². The van der Waals surface area contributed by atoms with E-state index in [0.29, 0.717) is 18.9 Å². The molecule has 0 saturated carbocycles. The Hall–Kier alpha value is -3.23. The first-order chi connectivity index (χ1) is 12.1. The molecular formula is C16H19FN6O2. The number of benzene rings is 1. The van der Waals surface area contributed by atoms with Crippen molar-refractivity contribution >= 4 is 17.8 Å². The number of hydrogen-bond donors (Lipinski definition) is 4. The molecule has 25 heavy (non-hydrogen) atoms. The number of amides is 3. The lowest BCUT2D eigenvalue weighted by atomic mass is 10.0. The zero-order chi connectivity index (χ0) is 18.1. The highest BCUT2D eigenvalue weighted by atomic mass is 19.1. The summed E-state index contributed by atoms with van der Waals surface area (Å²) in [6, 6.07) is 4.24. The van der Waals surface area contributed by atoms with Gasteiger partial charge in [-0.15, -0.1) is 0 Å². The zero-order valence-electron chi connectivity index (χ0n) is 13.4. The molecule has 2 rings (SSSR count). The Bertz CT molecular complexity index is 713. The average Bonchev–Trinajstić information content (AvgIpc) is 2.59. The molecule has 0 aliphatic heterocycles. The fourth-order valence-corrected chi connectivity index (χ4v) is 2.21. The lowest BCUT2D eigenvalue weighted by molar-refractivity contribution is -0.121. The van der Waals surface area contributed by atoms with Crippen LogP contribution in [0.1, 0.15) is 18.0 Å². The highest BCUT2D eigenvalue weighted by molar-refractivity contribution is 5.78. The summed E-state index contributed by atoms with van der Waals surface area (Å²) < 4.78 is 13.9. The van der Waals surface area contributed by atoms with E-state index < -0.39 is 17.9 Å². The number of carbonyl (C=O) groups is 2. The number of primary amides is 1. The Morgan fingerprint density at radius 1 is 1.20 bits per heavy atom. The number of nitrogens with one attached hydrogen (secondary N) is 3. The van der Waals surface area contributed by atoms with Crippen LogP contribution in [0.5, 0.6) is 0 Å². The molecule has 0 radical (unpaired) electrons. The van der Waals surface area contributed by atoms with E-state index in [-0.39, 0.29) is 17.9 Å². The minimum Gasteiger partial charge on any atom is -0.367 e. The number of aromatic nitrogens is 2. The van der Waals surface area contributed by atoms with Gasteiger partial charge in [0.15, 0.2) is 0 Å². The van der Waals surface area contributed by atoms with Crippen molar-refractivity contribution in [1.82, 2.24) is 20.6 Å². The van der Waals surface area contributed by atoms with Gasteiger partial charge in [-0.3, -0.25) is 9.78 Å². The highest BCUT2D eigenvalue weighted by Crippen LogP contribution is 2.19. The van der Waals surface area contributed by atoms with Crippen molar-refractivity contribution in [2.24, 2.45) is 5.73 Å². The standard InChI is InChI=1S/C16H19FN6O2/c17-12-4-2-1-3-11(12)13(23-16(18)25)9-15(24)22-8-7-21-14-10-19-5-6-20-14/h1-6,10,13H,7-9H2,(H,20,21)(H,22,24)(H3,18,23,25)/t13-/m0/s1. The maximum atomic E-state index is 13.9. The van der Waals surface area contributed by atoms with Crippen LogP contribution in [0.15, 0.2) is 42.9 Å². The molecule has 1 aromatic heterocycles. The van der Waals surface area contributed by atoms with Crippen LogP contribution < -0.4 is 21.7 Å². The average molecular weight is 346 g/mol. The molecule has 0 saturated heterocycles. The number of nitrogens with zero attached hydrogens (tertiary/aromatic N) is 2. The first-order valence-corrected chi connectivity index (χ1v) is 7.63. The summed E-state index contributed by atoms with van der Waals surface area (Å²) in [6.45, 7) is 0.772. The maximum Gasteiger partial charge on any atom is 0.312 e. The van der Waals surface area contributed by atoms with E-state index in [1.54, 1.807) is 24.7 Å². The summed E-state index contributed by atoms with van der Waals surface area (Å²) in [7, 11) is 0. The molecular weight excluding hydrogens is 327 g/mol. The van der Waals surface area contributed by atoms with E-state index in [9.17, 15) is 14.0 Å². The Morgan fingerprint density at radius 2 is 2.00 bits per heavy atom. The first-order valence-electron chi connectivity index (χ1n) is 7.63. The van der Waals surface area contributed by atoms with Gasteiger partial charge in [-0.1, -0.05) is 18.2 Å². The van der Waals surface area contributed by atoms with Crippen LogP contribution in [0.4, 0.5) is 15.0 Å². The Kier molecular flexibility index (Phi) is 6.64. The van der Waals surface area contributed by atoms with Crippen molar-refractivity contribution in [2.45, 2.75) is 12.5 Å². The molecule has 0 fully saturated rings. The summed E-state index contributed by atoms with van der Waals surface area (Å²) in [6.07, 6.45) is 4.54. The summed E-state index contributed by atoms with van der Waals surface area (Å²) in [5, 5.41) is 8.06. The van der Waals surface area contributed by atoms with E-state index in [1.165, 1.54) is 18.2 Å². The molecule has 0 spiro atoms. The molecule has 0 aliphatic carbocycles. The van der Waals surface area contributed by atoms with E-state index in [4.69, 9.17) is 5.73 Å². The van der Waals surface area contributed by atoms with E-state index >= 15 is 0 Å². The normalized spacial score (nSPS) is 11.4. The van der Waals surface area contributed by atoms with Crippen LogP contribution in [0, 0.1) is 5.82 Å². The smallest absolute Gasteiger partial charge is 0.312 e. The molecule has 1 heterocycles. The topological polar surface area (TPSA) is 122 Å². The van der Waals surface area contributed by atoms with E-state index in [0.717, 1.165) is 0 Å². The summed E-state index contributed by atoms with van der Waals surface area (Å²) in [4.78, 5) is 31.1. The monoisotopic (exact) mass is 346 g/mol. The highest BCUT2D eigenvalue weighted by Gasteiger charge is 2.20. The number of rotatable bonds is 8. The third kappa shape index (κ3) is 6.05. The number of hydrogen-bond acceptors (Lipinski definition) is 5. The molecule has 9 heteroatoms. The predicted molar refractivity (Wildman–Crippen MR) is 90.0 cm³/mol. The van der Waals surface area contributed by atoms with E-state index in [2.05, 4.69) is 25.9 Å². The van der Waals surface area contributed by atoms with Crippen molar-refractivity contribution < 1.29 is 14.0 Å². The lowest BCUT2D eigenvalue weighted by Gasteiger charge is -2.18. The molecule has 3 amide bonds. The fraction of sp³-hybridized carbons (Fsp3) is 0.250. The van der Waals surface area contributed by atoms with E-state index in [1.807, 2.05) is 0 Å². The summed E-state index contributed by atoms with van der Waals surface area (Å²) in [5.41, 5.74) is 5.32. The maximum absolute atomic E-state index is 13.9. The van der Waals surface area contributed by atoms with Gasteiger partial charge in [-0.05, 0) is 6.07 Å². The van der Waals surface area contributed by atoms with Crippen LogP contribution in [0.2, 0.25) is 0 Å². The van der Waals surface area contributed by atoms with Gasteiger partial charge in [0, 0.05) is 31.0 Å². The minimum absolute atomic E-state index is 0.130. The van der Waals surface area contributed by atoms with Crippen molar-refractivity contribution in [3.63, 3.8) is 0 Å². The zero-order valence-corrected chi connectivity index (χ0v) is 13.4. The lowest BCUT2D eigenvalue weighted by Crippen LogP contribution is -2.38. The van der Waals surface area contributed by atoms with Gasteiger partial charge in [0.1, 0.15) is 11.6 Å². The van der Waals surface area contributed by atoms with Crippen molar-refractivity contribution in [2.75, 3.05) is 18.4 Å². The van der Waals surface area contributed by atoms with Gasteiger partial charge in [-0.2, -0.15) is 0 Å². The fourth-order valence-electron chi connectivity index (χ4n) is 2.21. The molecule has 5 N–H and O–H groups in total. The largest absolute Gasteiger partial charge is 0.367 e. The molecule has 1 aromatic carbocycles. The third-order valence-corrected chi connectivity index (χ3v) is 3.30. The predicted octanol–water partition coefficient (Wildman–Crippen LogP) is 0.944. The Balaban J connectivity index is 1.85. The molecule has 0 bridgehead atoms. The SMILES string of the molecule is NC(=O)N[C@@H](CC(=O)NCCNc1cnccn1)c1ccccc1F.